The maximum Gasteiger partial charge on any atom is 0.166 e. The van der Waals surface area contributed by atoms with Gasteiger partial charge in [0.05, 0.1) is 0 Å². The zero-order valence-electron chi connectivity index (χ0n) is 11.0. The highest BCUT2D eigenvalue weighted by Gasteiger charge is 2.20. The Bertz CT molecular complexity index is 459. The molecule has 0 saturated carbocycles. The topological polar surface area (TPSA) is 30.5 Å². The predicted molar refractivity (Wildman–Crippen MR) is 71.9 cm³/mol. The molecule has 1 heterocycles. The molecule has 2 rings (SSSR count). The number of rotatable bonds is 4. The summed E-state index contributed by atoms with van der Waals surface area (Å²) in [5.74, 6) is 7.78. The van der Waals surface area contributed by atoms with E-state index in [2.05, 4.69) is 30.1 Å². The van der Waals surface area contributed by atoms with Crippen molar-refractivity contribution >= 4 is 0 Å². The van der Waals surface area contributed by atoms with Crippen molar-refractivity contribution in [3.8, 4) is 23.3 Å². The van der Waals surface area contributed by atoms with Crippen LogP contribution in [0.4, 0.5) is 0 Å². The quantitative estimate of drug-likeness (QED) is 0.827. The van der Waals surface area contributed by atoms with E-state index in [1.165, 1.54) is 0 Å². The Hall–Kier alpha value is -1.66. The molecule has 18 heavy (non-hydrogen) atoms. The first-order valence-electron chi connectivity index (χ1n) is 6.38. The van der Waals surface area contributed by atoms with Crippen molar-refractivity contribution in [1.29, 1.82) is 0 Å². The molecule has 0 aliphatic carbocycles. The number of para-hydroxylation sites is 1. The van der Waals surface area contributed by atoms with E-state index < -0.39 is 0 Å². The second kappa shape index (κ2) is 6.32. The molecular formula is C15H19NO2. The van der Waals surface area contributed by atoms with Crippen LogP contribution in [0.3, 0.4) is 0 Å². The molecule has 1 aromatic rings. The minimum atomic E-state index is 0.194. The molecule has 1 aliphatic heterocycles. The highest BCUT2D eigenvalue weighted by atomic mass is 16.6. The summed E-state index contributed by atoms with van der Waals surface area (Å²) >= 11 is 0. The van der Waals surface area contributed by atoms with Gasteiger partial charge in [-0.1, -0.05) is 19.1 Å². The van der Waals surface area contributed by atoms with Crippen LogP contribution in [0.15, 0.2) is 18.2 Å². The predicted octanol–water partition coefficient (Wildman–Crippen LogP) is 2.52. The third kappa shape index (κ3) is 2.77. The van der Waals surface area contributed by atoms with Crippen molar-refractivity contribution in [3.63, 3.8) is 0 Å². The van der Waals surface area contributed by atoms with Gasteiger partial charge >= 0.3 is 0 Å². The van der Waals surface area contributed by atoms with E-state index in [1.54, 1.807) is 0 Å². The summed E-state index contributed by atoms with van der Waals surface area (Å²) in [6, 6.07) is 6.23. The van der Waals surface area contributed by atoms with E-state index in [0.29, 0.717) is 13.2 Å². The lowest BCUT2D eigenvalue weighted by atomic mass is 10.0. The summed E-state index contributed by atoms with van der Waals surface area (Å²) < 4.78 is 11.4. The van der Waals surface area contributed by atoms with Crippen molar-refractivity contribution < 1.29 is 9.47 Å². The van der Waals surface area contributed by atoms with Crippen LogP contribution in [0.5, 0.6) is 11.5 Å². The minimum Gasteiger partial charge on any atom is -0.486 e. The second-order valence-electron chi connectivity index (χ2n) is 4.11. The lowest BCUT2D eigenvalue weighted by Gasteiger charge is -2.24. The fourth-order valence-electron chi connectivity index (χ4n) is 2.11. The average molecular weight is 245 g/mol. The number of hydrogen-bond donors (Lipinski definition) is 1. The Morgan fingerprint density at radius 2 is 2.17 bits per heavy atom. The monoisotopic (exact) mass is 245 g/mol. The standard InChI is InChI=1S/C15H19NO2/c1-3-5-8-13(16-4-2)12-7-6-9-14-15(12)18-11-10-17-14/h6-7,9,13,16H,4,8,10-11H2,1-2H3. The summed E-state index contributed by atoms with van der Waals surface area (Å²) in [5.41, 5.74) is 1.14. The Labute approximate surface area is 108 Å². The third-order valence-corrected chi connectivity index (χ3v) is 2.91. The van der Waals surface area contributed by atoms with Crippen molar-refractivity contribution in [2.75, 3.05) is 19.8 Å². The number of ether oxygens (including phenoxy) is 2. The van der Waals surface area contributed by atoms with Gasteiger partial charge in [0, 0.05) is 18.0 Å². The number of benzene rings is 1. The Morgan fingerprint density at radius 1 is 1.33 bits per heavy atom. The molecule has 0 radical (unpaired) electrons. The number of fused-ring (bicyclic) bond motifs is 1. The van der Waals surface area contributed by atoms with E-state index in [-0.39, 0.29) is 6.04 Å². The normalized spacial score (nSPS) is 14.6. The second-order valence-corrected chi connectivity index (χ2v) is 4.11. The molecule has 1 unspecified atom stereocenters. The summed E-state index contributed by atoms with van der Waals surface area (Å²) in [5, 5.41) is 3.45. The van der Waals surface area contributed by atoms with E-state index in [4.69, 9.17) is 9.47 Å². The first-order chi connectivity index (χ1) is 8.86. The van der Waals surface area contributed by atoms with Crippen molar-refractivity contribution in [1.82, 2.24) is 5.32 Å². The molecule has 0 bridgehead atoms. The third-order valence-electron chi connectivity index (χ3n) is 2.91. The molecule has 1 atom stereocenters. The largest absolute Gasteiger partial charge is 0.486 e. The van der Waals surface area contributed by atoms with E-state index >= 15 is 0 Å². The van der Waals surface area contributed by atoms with Crippen molar-refractivity contribution in [3.05, 3.63) is 23.8 Å². The maximum atomic E-state index is 5.75. The van der Waals surface area contributed by atoms with Gasteiger partial charge in [0.1, 0.15) is 13.2 Å². The van der Waals surface area contributed by atoms with Gasteiger partial charge in [-0.2, -0.15) is 0 Å². The Morgan fingerprint density at radius 3 is 2.94 bits per heavy atom. The molecule has 1 N–H and O–H groups in total. The van der Waals surface area contributed by atoms with Crippen LogP contribution in [-0.2, 0) is 0 Å². The van der Waals surface area contributed by atoms with Gasteiger partial charge in [-0.05, 0) is 19.5 Å². The maximum absolute atomic E-state index is 5.75. The van der Waals surface area contributed by atoms with Gasteiger partial charge in [0.15, 0.2) is 11.5 Å². The zero-order chi connectivity index (χ0) is 12.8. The van der Waals surface area contributed by atoms with Gasteiger partial charge in [0.2, 0.25) is 0 Å². The Balaban J connectivity index is 2.30. The van der Waals surface area contributed by atoms with Crippen LogP contribution < -0.4 is 14.8 Å². The molecule has 0 saturated heterocycles. The van der Waals surface area contributed by atoms with Crippen LogP contribution in [0, 0.1) is 11.8 Å². The van der Waals surface area contributed by atoms with Crippen LogP contribution in [0.25, 0.3) is 0 Å². The first-order valence-corrected chi connectivity index (χ1v) is 6.38. The molecule has 3 nitrogen and oxygen atoms in total. The summed E-state index contributed by atoms with van der Waals surface area (Å²) in [7, 11) is 0. The van der Waals surface area contributed by atoms with E-state index in [1.807, 2.05) is 19.1 Å². The van der Waals surface area contributed by atoms with Crippen LogP contribution in [0.1, 0.15) is 31.9 Å². The molecule has 1 aromatic carbocycles. The summed E-state index contributed by atoms with van der Waals surface area (Å²) in [4.78, 5) is 0. The highest BCUT2D eigenvalue weighted by Crippen LogP contribution is 2.37. The minimum absolute atomic E-state index is 0.194. The summed E-state index contributed by atoms with van der Waals surface area (Å²) in [6.07, 6.45) is 0.782. The molecule has 96 valence electrons. The van der Waals surface area contributed by atoms with Gasteiger partial charge in [-0.3, -0.25) is 0 Å². The van der Waals surface area contributed by atoms with E-state index in [9.17, 15) is 0 Å². The van der Waals surface area contributed by atoms with Gasteiger partial charge in [-0.25, -0.2) is 0 Å². The van der Waals surface area contributed by atoms with Crippen LogP contribution >= 0.6 is 0 Å². The number of hydrogen-bond acceptors (Lipinski definition) is 3. The molecule has 1 aliphatic rings. The first kappa shape index (κ1) is 12.8. The molecule has 0 aromatic heterocycles. The smallest absolute Gasteiger partial charge is 0.166 e. The molecule has 0 spiro atoms. The summed E-state index contributed by atoms with van der Waals surface area (Å²) in [6.45, 7) is 6.10. The fourth-order valence-corrected chi connectivity index (χ4v) is 2.11. The van der Waals surface area contributed by atoms with Gasteiger partial charge < -0.3 is 14.8 Å². The van der Waals surface area contributed by atoms with Crippen LogP contribution in [-0.4, -0.2) is 19.8 Å². The zero-order valence-corrected chi connectivity index (χ0v) is 11.0. The molecule has 0 fully saturated rings. The molecule has 0 amide bonds. The van der Waals surface area contributed by atoms with Crippen LogP contribution in [0.2, 0.25) is 0 Å². The van der Waals surface area contributed by atoms with Gasteiger partial charge in [-0.15, -0.1) is 11.8 Å². The average Bonchev–Trinajstić information content (AvgIpc) is 2.43. The lowest BCUT2D eigenvalue weighted by Crippen LogP contribution is -2.23. The molecule has 3 heteroatoms. The Kier molecular flexibility index (Phi) is 4.49. The fraction of sp³-hybridized carbons (Fsp3) is 0.467. The van der Waals surface area contributed by atoms with E-state index in [0.717, 1.165) is 30.0 Å². The van der Waals surface area contributed by atoms with Gasteiger partial charge in [0.25, 0.3) is 0 Å². The SMILES string of the molecule is CC#CCC(NCC)c1cccc2c1OCCO2. The van der Waals surface area contributed by atoms with Crippen molar-refractivity contribution in [2.24, 2.45) is 0 Å². The van der Waals surface area contributed by atoms with Crippen molar-refractivity contribution in [2.45, 2.75) is 26.3 Å². The molecular weight excluding hydrogens is 226 g/mol. The highest BCUT2D eigenvalue weighted by molar-refractivity contribution is 5.49. The number of nitrogens with one attached hydrogen (secondary N) is 1. The lowest BCUT2D eigenvalue weighted by molar-refractivity contribution is 0.168.